The van der Waals surface area contributed by atoms with Crippen molar-refractivity contribution in [3.05, 3.63) is 29.6 Å². The van der Waals surface area contributed by atoms with Crippen LogP contribution < -0.4 is 5.32 Å². The molecular formula is C15H21N3O. The highest BCUT2D eigenvalue weighted by Crippen LogP contribution is 2.08. The molecule has 0 saturated carbocycles. The second-order valence-corrected chi connectivity index (χ2v) is 5.24. The van der Waals surface area contributed by atoms with Crippen molar-refractivity contribution < 1.29 is 4.79 Å². The lowest BCUT2D eigenvalue weighted by Gasteiger charge is -2.14. The molecule has 0 fully saturated rings. The van der Waals surface area contributed by atoms with Gasteiger partial charge in [0.1, 0.15) is 11.8 Å². The first-order chi connectivity index (χ1) is 9.02. The van der Waals surface area contributed by atoms with Crippen molar-refractivity contribution in [2.45, 2.75) is 46.1 Å². The molecule has 1 heterocycles. The summed E-state index contributed by atoms with van der Waals surface area (Å²) in [6.07, 6.45) is 4.67. The minimum absolute atomic E-state index is 0.142. The number of pyridine rings is 1. The average Bonchev–Trinajstić information content (AvgIpc) is 2.38. The van der Waals surface area contributed by atoms with Gasteiger partial charge in [0.05, 0.1) is 5.56 Å². The van der Waals surface area contributed by atoms with Gasteiger partial charge in [-0.1, -0.05) is 26.7 Å². The number of aromatic nitrogens is 1. The van der Waals surface area contributed by atoms with E-state index in [9.17, 15) is 4.79 Å². The molecule has 0 bridgehead atoms. The van der Waals surface area contributed by atoms with E-state index in [1.54, 1.807) is 12.1 Å². The molecule has 0 aliphatic heterocycles. The van der Waals surface area contributed by atoms with Crippen LogP contribution in [0.25, 0.3) is 0 Å². The van der Waals surface area contributed by atoms with Gasteiger partial charge < -0.3 is 5.32 Å². The highest BCUT2D eigenvalue weighted by atomic mass is 16.1. The van der Waals surface area contributed by atoms with Crippen LogP contribution in [0.4, 0.5) is 0 Å². The lowest BCUT2D eigenvalue weighted by Crippen LogP contribution is -2.33. The van der Waals surface area contributed by atoms with E-state index in [2.05, 4.69) is 24.1 Å². The second kappa shape index (κ2) is 7.52. The summed E-state index contributed by atoms with van der Waals surface area (Å²) in [6.45, 7) is 6.40. The van der Waals surface area contributed by atoms with E-state index in [1.165, 1.54) is 12.6 Å². The number of hydrogen-bond donors (Lipinski definition) is 1. The monoisotopic (exact) mass is 259 g/mol. The SMILES string of the molecule is CC(C)CCCC(C)NC(=O)c1ccc(C#N)cn1. The normalized spacial score (nSPS) is 11.9. The van der Waals surface area contributed by atoms with Gasteiger partial charge in [-0.2, -0.15) is 5.26 Å². The highest BCUT2D eigenvalue weighted by molar-refractivity contribution is 5.92. The largest absolute Gasteiger partial charge is 0.348 e. The maximum atomic E-state index is 11.9. The summed E-state index contributed by atoms with van der Waals surface area (Å²) in [6, 6.07) is 5.30. The van der Waals surface area contributed by atoms with E-state index >= 15 is 0 Å². The number of nitriles is 1. The molecule has 0 aliphatic carbocycles. The van der Waals surface area contributed by atoms with Crippen LogP contribution in [0.2, 0.25) is 0 Å². The Balaban J connectivity index is 2.43. The number of carbonyl (C=O) groups is 1. The predicted molar refractivity (Wildman–Crippen MR) is 74.6 cm³/mol. The molecular weight excluding hydrogens is 238 g/mol. The lowest BCUT2D eigenvalue weighted by atomic mass is 10.0. The molecule has 0 radical (unpaired) electrons. The summed E-state index contributed by atoms with van der Waals surface area (Å²) in [5.74, 6) is 0.518. The van der Waals surface area contributed by atoms with Crippen molar-refractivity contribution in [1.82, 2.24) is 10.3 Å². The summed E-state index contributed by atoms with van der Waals surface area (Å²) in [7, 11) is 0. The minimum atomic E-state index is -0.179. The predicted octanol–water partition coefficient (Wildman–Crippen LogP) is 2.90. The van der Waals surface area contributed by atoms with Gasteiger partial charge in [-0.25, -0.2) is 4.98 Å². The number of carbonyl (C=O) groups excluding carboxylic acids is 1. The van der Waals surface area contributed by atoms with Crippen molar-refractivity contribution in [3.63, 3.8) is 0 Å². The number of hydrogen-bond acceptors (Lipinski definition) is 3. The summed E-state index contributed by atoms with van der Waals surface area (Å²) in [5.41, 5.74) is 0.816. The van der Waals surface area contributed by atoms with E-state index in [0.717, 1.165) is 12.8 Å². The Bertz CT molecular complexity index is 445. The third-order valence-electron chi connectivity index (χ3n) is 2.92. The van der Waals surface area contributed by atoms with Crippen molar-refractivity contribution in [1.29, 1.82) is 5.26 Å². The number of nitrogens with zero attached hydrogens (tertiary/aromatic N) is 2. The Morgan fingerprint density at radius 2 is 2.11 bits per heavy atom. The molecule has 1 rings (SSSR count). The first kappa shape index (κ1) is 15.2. The number of nitrogens with one attached hydrogen (secondary N) is 1. The standard InChI is InChI=1S/C15H21N3O/c1-11(2)5-4-6-12(3)18-15(19)14-8-7-13(9-16)10-17-14/h7-8,10-12H,4-6H2,1-3H3,(H,18,19). The van der Waals surface area contributed by atoms with Gasteiger partial charge in [0.25, 0.3) is 5.91 Å². The fourth-order valence-corrected chi connectivity index (χ4v) is 1.80. The molecule has 0 spiro atoms. The van der Waals surface area contributed by atoms with Crippen molar-refractivity contribution in [2.75, 3.05) is 0 Å². The molecule has 1 atom stereocenters. The van der Waals surface area contributed by atoms with Crippen molar-refractivity contribution in [3.8, 4) is 6.07 Å². The number of rotatable bonds is 6. The quantitative estimate of drug-likeness (QED) is 0.854. The smallest absolute Gasteiger partial charge is 0.270 e. The van der Waals surface area contributed by atoms with Crippen LogP contribution in [0.3, 0.4) is 0 Å². The Labute approximate surface area is 114 Å². The van der Waals surface area contributed by atoms with Crippen molar-refractivity contribution >= 4 is 5.91 Å². The molecule has 0 aromatic carbocycles. The lowest BCUT2D eigenvalue weighted by molar-refractivity contribution is 0.0932. The van der Waals surface area contributed by atoms with Gasteiger partial charge in [0.2, 0.25) is 0 Å². The first-order valence-electron chi connectivity index (χ1n) is 6.70. The van der Waals surface area contributed by atoms with E-state index in [4.69, 9.17) is 5.26 Å². The van der Waals surface area contributed by atoms with Gasteiger partial charge in [0, 0.05) is 12.2 Å². The molecule has 19 heavy (non-hydrogen) atoms. The fraction of sp³-hybridized carbons (Fsp3) is 0.533. The molecule has 4 heteroatoms. The third-order valence-corrected chi connectivity index (χ3v) is 2.92. The van der Waals surface area contributed by atoms with Gasteiger partial charge in [0.15, 0.2) is 0 Å². The van der Waals surface area contributed by atoms with E-state index in [0.29, 0.717) is 17.2 Å². The van der Waals surface area contributed by atoms with Crippen LogP contribution in [0.15, 0.2) is 18.3 Å². The Hall–Kier alpha value is -1.89. The summed E-state index contributed by atoms with van der Waals surface area (Å²) in [5, 5.41) is 11.6. The molecule has 1 aromatic rings. The van der Waals surface area contributed by atoms with Gasteiger partial charge in [-0.3, -0.25) is 4.79 Å². The molecule has 1 unspecified atom stereocenters. The van der Waals surface area contributed by atoms with Crippen LogP contribution in [-0.4, -0.2) is 16.9 Å². The second-order valence-electron chi connectivity index (χ2n) is 5.24. The van der Waals surface area contributed by atoms with Crippen LogP contribution in [0.1, 0.15) is 56.1 Å². The topological polar surface area (TPSA) is 65.8 Å². The van der Waals surface area contributed by atoms with Crippen LogP contribution in [0.5, 0.6) is 0 Å². The maximum Gasteiger partial charge on any atom is 0.270 e. The molecule has 0 aliphatic rings. The molecule has 0 saturated heterocycles. The minimum Gasteiger partial charge on any atom is -0.348 e. The zero-order valence-corrected chi connectivity index (χ0v) is 11.8. The van der Waals surface area contributed by atoms with E-state index in [1.807, 2.05) is 13.0 Å². The van der Waals surface area contributed by atoms with Crippen LogP contribution in [-0.2, 0) is 0 Å². The first-order valence-corrected chi connectivity index (χ1v) is 6.70. The van der Waals surface area contributed by atoms with Crippen molar-refractivity contribution in [2.24, 2.45) is 5.92 Å². The molecule has 102 valence electrons. The summed E-state index contributed by atoms with van der Waals surface area (Å²) >= 11 is 0. The Kier molecular flexibility index (Phi) is 6.01. The average molecular weight is 259 g/mol. The molecule has 1 N–H and O–H groups in total. The maximum absolute atomic E-state index is 11.9. The Morgan fingerprint density at radius 1 is 1.37 bits per heavy atom. The van der Waals surface area contributed by atoms with E-state index < -0.39 is 0 Å². The molecule has 4 nitrogen and oxygen atoms in total. The zero-order valence-electron chi connectivity index (χ0n) is 11.8. The van der Waals surface area contributed by atoms with Crippen LogP contribution in [0, 0.1) is 17.2 Å². The molecule has 1 aromatic heterocycles. The number of amides is 1. The van der Waals surface area contributed by atoms with Gasteiger partial charge in [-0.05, 0) is 31.4 Å². The molecule has 1 amide bonds. The van der Waals surface area contributed by atoms with Gasteiger partial charge >= 0.3 is 0 Å². The highest BCUT2D eigenvalue weighted by Gasteiger charge is 2.11. The Morgan fingerprint density at radius 3 is 2.63 bits per heavy atom. The zero-order chi connectivity index (χ0) is 14.3. The van der Waals surface area contributed by atoms with Crippen LogP contribution >= 0.6 is 0 Å². The third kappa shape index (κ3) is 5.52. The fourth-order valence-electron chi connectivity index (χ4n) is 1.80. The summed E-state index contributed by atoms with van der Waals surface area (Å²) < 4.78 is 0. The van der Waals surface area contributed by atoms with Gasteiger partial charge in [-0.15, -0.1) is 0 Å². The summed E-state index contributed by atoms with van der Waals surface area (Å²) in [4.78, 5) is 15.9. The van der Waals surface area contributed by atoms with E-state index in [-0.39, 0.29) is 11.9 Å².